The first-order valence-electron chi connectivity index (χ1n) is 7.31. The highest BCUT2D eigenvalue weighted by atomic mass is 16.5. The molecule has 0 saturated carbocycles. The van der Waals surface area contributed by atoms with Gasteiger partial charge in [-0.1, -0.05) is 12.1 Å². The van der Waals surface area contributed by atoms with Gasteiger partial charge in [0.05, 0.1) is 14.2 Å². The van der Waals surface area contributed by atoms with Crippen molar-refractivity contribution in [2.24, 2.45) is 0 Å². The Morgan fingerprint density at radius 1 is 0.960 bits per heavy atom. The average molecular weight is 342 g/mol. The van der Waals surface area contributed by atoms with Crippen LogP contribution in [0.2, 0.25) is 0 Å². The molecule has 0 atom stereocenters. The lowest BCUT2D eigenvalue weighted by Gasteiger charge is -2.05. The number of allylic oxidation sites excluding steroid dienone is 2. The third kappa shape index (κ3) is 4.54. The molecule has 2 rings (SSSR count). The summed E-state index contributed by atoms with van der Waals surface area (Å²) in [6, 6.07) is 8.90. The van der Waals surface area contributed by atoms with Crippen LogP contribution in [-0.2, 0) is 4.79 Å². The minimum absolute atomic E-state index is 0.00444. The fourth-order valence-corrected chi connectivity index (χ4v) is 2.08. The molecule has 0 amide bonds. The van der Waals surface area contributed by atoms with Crippen molar-refractivity contribution in [3.8, 4) is 23.0 Å². The Morgan fingerprint density at radius 2 is 1.56 bits per heavy atom. The molecule has 3 N–H and O–H groups in total. The summed E-state index contributed by atoms with van der Waals surface area (Å²) in [6.45, 7) is 0. The monoisotopic (exact) mass is 342 g/mol. The number of methoxy groups -OCH3 is 2. The number of carbonyl (C=O) groups is 1. The predicted octanol–water partition coefficient (Wildman–Crippen LogP) is 3.30. The van der Waals surface area contributed by atoms with E-state index in [2.05, 4.69) is 0 Å². The summed E-state index contributed by atoms with van der Waals surface area (Å²) in [6.07, 6.45) is 3.87. The van der Waals surface area contributed by atoms with Crippen molar-refractivity contribution in [3.05, 3.63) is 59.7 Å². The van der Waals surface area contributed by atoms with Crippen molar-refractivity contribution in [1.82, 2.24) is 0 Å². The summed E-state index contributed by atoms with van der Waals surface area (Å²) in [5.74, 6) is -0.259. The number of hydrogen-bond acceptors (Lipinski definition) is 6. The van der Waals surface area contributed by atoms with Crippen molar-refractivity contribution in [2.45, 2.75) is 0 Å². The Kier molecular flexibility index (Phi) is 5.68. The number of phenols is 2. The van der Waals surface area contributed by atoms with E-state index in [1.54, 1.807) is 12.1 Å². The van der Waals surface area contributed by atoms with Gasteiger partial charge in [0, 0.05) is 11.6 Å². The number of ether oxygens (including phenoxy) is 2. The normalized spacial score (nSPS) is 11.5. The van der Waals surface area contributed by atoms with Crippen LogP contribution >= 0.6 is 0 Å². The van der Waals surface area contributed by atoms with Gasteiger partial charge < -0.3 is 24.8 Å². The summed E-state index contributed by atoms with van der Waals surface area (Å²) in [7, 11) is 2.82. The molecule has 0 radical (unpaired) electrons. The number of aromatic hydroxyl groups is 2. The average Bonchev–Trinajstić information content (AvgIpc) is 2.61. The standard InChI is InChI=1S/C19H18O6/c1-24-18-9-12(4-7-15(18)21)3-6-14(20)11-17(23)13-5-8-16(22)19(10-13)25-2/h3-11,21-23H,1-2H3/b6-3+,17-11-. The van der Waals surface area contributed by atoms with E-state index in [4.69, 9.17) is 9.47 Å². The first-order chi connectivity index (χ1) is 11.9. The van der Waals surface area contributed by atoms with Gasteiger partial charge in [-0.3, -0.25) is 4.79 Å². The summed E-state index contributed by atoms with van der Waals surface area (Å²) in [4.78, 5) is 12.0. The van der Waals surface area contributed by atoms with Crippen molar-refractivity contribution >= 4 is 17.6 Å². The van der Waals surface area contributed by atoms with Crippen LogP contribution in [0.5, 0.6) is 23.0 Å². The molecule has 0 aliphatic carbocycles. The third-order valence-electron chi connectivity index (χ3n) is 3.40. The fourth-order valence-electron chi connectivity index (χ4n) is 2.08. The Labute approximate surface area is 144 Å². The minimum Gasteiger partial charge on any atom is -0.507 e. The minimum atomic E-state index is -0.434. The highest BCUT2D eigenvalue weighted by Crippen LogP contribution is 2.29. The molecule has 0 unspecified atom stereocenters. The molecular formula is C19H18O6. The molecular weight excluding hydrogens is 324 g/mol. The number of phenolic OH excluding ortho intramolecular Hbond substituents is 2. The SMILES string of the molecule is COc1cc(/C=C/C(=O)/C=C(\O)c2ccc(O)c(OC)c2)ccc1O. The van der Waals surface area contributed by atoms with Crippen molar-refractivity contribution < 1.29 is 29.6 Å². The Balaban J connectivity index is 2.16. The molecule has 25 heavy (non-hydrogen) atoms. The van der Waals surface area contributed by atoms with Gasteiger partial charge in [0.15, 0.2) is 28.8 Å². The van der Waals surface area contributed by atoms with Gasteiger partial charge in [0.25, 0.3) is 0 Å². The smallest absolute Gasteiger partial charge is 0.182 e. The van der Waals surface area contributed by atoms with Gasteiger partial charge >= 0.3 is 0 Å². The highest BCUT2D eigenvalue weighted by molar-refractivity contribution is 6.05. The van der Waals surface area contributed by atoms with Gasteiger partial charge in [0.1, 0.15) is 5.76 Å². The van der Waals surface area contributed by atoms with Gasteiger partial charge in [-0.25, -0.2) is 0 Å². The highest BCUT2D eigenvalue weighted by Gasteiger charge is 2.07. The Morgan fingerprint density at radius 3 is 2.20 bits per heavy atom. The summed E-state index contributed by atoms with van der Waals surface area (Å²) in [5, 5.41) is 29.1. The first-order valence-corrected chi connectivity index (χ1v) is 7.31. The van der Waals surface area contributed by atoms with Crippen LogP contribution in [0, 0.1) is 0 Å². The van der Waals surface area contributed by atoms with Gasteiger partial charge in [-0.15, -0.1) is 0 Å². The number of carbonyl (C=O) groups excluding carboxylic acids is 1. The lowest BCUT2D eigenvalue weighted by molar-refractivity contribution is -0.110. The van der Waals surface area contributed by atoms with Crippen molar-refractivity contribution in [1.29, 1.82) is 0 Å². The maximum Gasteiger partial charge on any atom is 0.182 e. The van der Waals surface area contributed by atoms with Crippen LogP contribution in [0.4, 0.5) is 0 Å². The van der Waals surface area contributed by atoms with Gasteiger partial charge in [0.2, 0.25) is 0 Å². The molecule has 6 heteroatoms. The molecule has 0 aliphatic heterocycles. The molecule has 0 aromatic heterocycles. The fraction of sp³-hybridized carbons (Fsp3) is 0.105. The maximum absolute atomic E-state index is 12.0. The molecule has 130 valence electrons. The first kappa shape index (κ1) is 17.9. The van der Waals surface area contributed by atoms with Crippen LogP contribution in [-0.4, -0.2) is 35.3 Å². The lowest BCUT2D eigenvalue weighted by Crippen LogP contribution is -1.92. The molecule has 0 spiro atoms. The number of benzene rings is 2. The van der Waals surface area contributed by atoms with Crippen molar-refractivity contribution in [3.63, 3.8) is 0 Å². The van der Waals surface area contributed by atoms with Crippen molar-refractivity contribution in [2.75, 3.05) is 14.2 Å². The number of aliphatic hydroxyl groups excluding tert-OH is 1. The number of hydrogen-bond donors (Lipinski definition) is 3. The van der Waals surface area contributed by atoms with Gasteiger partial charge in [-0.05, 0) is 42.0 Å². The quantitative estimate of drug-likeness (QED) is 0.551. The molecule has 0 saturated heterocycles. The molecule has 6 nitrogen and oxygen atoms in total. The second-order valence-electron chi connectivity index (χ2n) is 5.08. The van der Waals surface area contributed by atoms with E-state index in [-0.39, 0.29) is 23.0 Å². The molecule has 2 aromatic carbocycles. The van der Waals surface area contributed by atoms with Crippen LogP contribution in [0.25, 0.3) is 11.8 Å². The van der Waals surface area contributed by atoms with E-state index in [0.717, 1.165) is 6.08 Å². The number of ketones is 1. The zero-order chi connectivity index (χ0) is 18.4. The van der Waals surface area contributed by atoms with E-state index in [1.807, 2.05) is 0 Å². The zero-order valence-electron chi connectivity index (χ0n) is 13.8. The van der Waals surface area contributed by atoms with E-state index in [0.29, 0.717) is 16.9 Å². The van der Waals surface area contributed by atoms with Crippen LogP contribution in [0.15, 0.2) is 48.6 Å². The topological polar surface area (TPSA) is 96.2 Å². The van der Waals surface area contributed by atoms with Gasteiger partial charge in [-0.2, -0.15) is 0 Å². The second-order valence-corrected chi connectivity index (χ2v) is 5.08. The summed E-state index contributed by atoms with van der Waals surface area (Å²) < 4.78 is 9.95. The van der Waals surface area contributed by atoms with E-state index in [9.17, 15) is 20.1 Å². The van der Waals surface area contributed by atoms with E-state index >= 15 is 0 Å². The van der Waals surface area contributed by atoms with E-state index < -0.39 is 5.78 Å². The largest absolute Gasteiger partial charge is 0.507 e. The second kappa shape index (κ2) is 7.92. The number of aliphatic hydroxyl groups is 1. The lowest BCUT2D eigenvalue weighted by atomic mass is 10.1. The molecule has 2 aromatic rings. The van der Waals surface area contributed by atoms with Crippen LogP contribution in [0.1, 0.15) is 11.1 Å². The maximum atomic E-state index is 12.0. The molecule has 0 aliphatic rings. The molecule has 0 bridgehead atoms. The Bertz CT molecular complexity index is 836. The molecule has 0 heterocycles. The zero-order valence-corrected chi connectivity index (χ0v) is 13.8. The van der Waals surface area contributed by atoms with Crippen LogP contribution in [0.3, 0.4) is 0 Å². The molecule has 0 fully saturated rings. The summed E-state index contributed by atoms with van der Waals surface area (Å²) >= 11 is 0. The predicted molar refractivity (Wildman–Crippen MR) is 94.0 cm³/mol. The summed E-state index contributed by atoms with van der Waals surface area (Å²) in [5.41, 5.74) is 0.991. The number of rotatable bonds is 6. The van der Waals surface area contributed by atoms with E-state index in [1.165, 1.54) is 50.6 Å². The third-order valence-corrected chi connectivity index (χ3v) is 3.40. The van der Waals surface area contributed by atoms with Crippen LogP contribution < -0.4 is 9.47 Å². The Hall–Kier alpha value is -3.41.